The molecule has 0 atom stereocenters. The van der Waals surface area contributed by atoms with Crippen LogP contribution in [0.25, 0.3) is 0 Å². The maximum absolute atomic E-state index is 9.50. The van der Waals surface area contributed by atoms with Crippen molar-refractivity contribution in [2.45, 2.75) is 0 Å². The molecule has 0 saturated heterocycles. The first-order valence-corrected chi connectivity index (χ1v) is 1.30. The van der Waals surface area contributed by atoms with Gasteiger partial charge in [-0.15, -0.1) is 0 Å². The van der Waals surface area contributed by atoms with Gasteiger partial charge in [-0.3, -0.25) is 0 Å². The van der Waals surface area contributed by atoms with Crippen LogP contribution in [-0.4, -0.2) is 11.9 Å². The van der Waals surface area contributed by atoms with Crippen LogP contribution in [0.1, 0.15) is 0 Å². The topological polar surface area (TPSA) is 92.5 Å². The van der Waals surface area contributed by atoms with Gasteiger partial charge in [0.1, 0.15) is 0 Å². The molecule has 2 N–H and O–H groups in total. The standard InChI is InChI=1S/C2H3NO4.Na/c3-7-2(6)1(4)5;/h3H2,(H,4,5);/q;+1/p-1. The molecule has 8 heavy (non-hydrogen) atoms. The largest absolute Gasteiger partial charge is 1.00 e. The fourth-order valence-corrected chi connectivity index (χ4v) is 0.0481. The zero-order chi connectivity index (χ0) is 5.86. The molecule has 0 aliphatic heterocycles. The molecule has 0 aliphatic carbocycles. The van der Waals surface area contributed by atoms with E-state index in [1.807, 2.05) is 0 Å². The smallest absolute Gasteiger partial charge is 0.539 e. The summed E-state index contributed by atoms with van der Waals surface area (Å²) in [7, 11) is 0. The quantitative estimate of drug-likeness (QED) is 0.199. The normalized spacial score (nSPS) is 6.62. The molecule has 0 aromatic rings. The molecule has 40 valence electrons. The molecule has 0 bridgehead atoms. The second-order valence-electron chi connectivity index (χ2n) is 0.693. The summed E-state index contributed by atoms with van der Waals surface area (Å²) in [6.45, 7) is 0. The van der Waals surface area contributed by atoms with Crippen molar-refractivity contribution in [2.24, 2.45) is 5.90 Å². The minimum absolute atomic E-state index is 0. The van der Waals surface area contributed by atoms with E-state index in [4.69, 9.17) is 0 Å². The van der Waals surface area contributed by atoms with Crippen molar-refractivity contribution in [1.82, 2.24) is 0 Å². The molecule has 6 heteroatoms. The maximum Gasteiger partial charge on any atom is 1.00 e. The van der Waals surface area contributed by atoms with Gasteiger partial charge in [-0.05, 0) is 0 Å². The van der Waals surface area contributed by atoms with Crippen molar-refractivity contribution in [3.05, 3.63) is 0 Å². The number of hydrogen-bond acceptors (Lipinski definition) is 5. The number of rotatable bonds is 0. The van der Waals surface area contributed by atoms with E-state index in [-0.39, 0.29) is 29.6 Å². The molecule has 0 spiro atoms. The van der Waals surface area contributed by atoms with Gasteiger partial charge in [-0.1, -0.05) is 0 Å². The Morgan fingerprint density at radius 2 is 1.88 bits per heavy atom. The van der Waals surface area contributed by atoms with Gasteiger partial charge in [-0.25, -0.2) is 4.79 Å². The molecule has 0 amide bonds. The SMILES string of the molecule is NOC(=O)C(=O)[O-].[Na+]. The van der Waals surface area contributed by atoms with Crippen LogP contribution < -0.4 is 40.6 Å². The molecule has 5 nitrogen and oxygen atoms in total. The number of nitrogens with two attached hydrogens (primary N) is 1. The Balaban J connectivity index is 0. The van der Waals surface area contributed by atoms with Gasteiger partial charge in [0, 0.05) is 0 Å². The Labute approximate surface area is 67.0 Å². The number of carbonyl (C=O) groups excluding carboxylic acids is 2. The fraction of sp³-hybridized carbons (Fsp3) is 0. The van der Waals surface area contributed by atoms with Crippen LogP contribution in [-0.2, 0) is 14.4 Å². The number of carbonyl (C=O) groups is 2. The number of aliphatic carboxylic acids is 1. The van der Waals surface area contributed by atoms with Crippen LogP contribution in [0.4, 0.5) is 0 Å². The zero-order valence-corrected chi connectivity index (χ0v) is 6.21. The monoisotopic (exact) mass is 127 g/mol. The third-order valence-electron chi connectivity index (χ3n) is 0.274. The zero-order valence-electron chi connectivity index (χ0n) is 4.21. The second kappa shape index (κ2) is 5.04. The molecular formula is C2H2NNaO4. The Hall–Kier alpha value is -0.100. The summed E-state index contributed by atoms with van der Waals surface area (Å²) in [5.41, 5.74) is 0. The van der Waals surface area contributed by atoms with Crippen LogP contribution in [0.3, 0.4) is 0 Å². The Bertz CT molecular complexity index is 102. The second-order valence-corrected chi connectivity index (χ2v) is 0.693. The van der Waals surface area contributed by atoms with Crippen LogP contribution in [0.15, 0.2) is 0 Å². The fourth-order valence-electron chi connectivity index (χ4n) is 0.0481. The average Bonchev–Trinajstić information content (AvgIpc) is 1.65. The first-order chi connectivity index (χ1) is 3.18. The summed E-state index contributed by atoms with van der Waals surface area (Å²) in [5, 5.41) is 9.26. The minimum Gasteiger partial charge on any atom is -0.539 e. The molecule has 0 rings (SSSR count). The molecule has 0 aromatic heterocycles. The van der Waals surface area contributed by atoms with E-state index in [2.05, 4.69) is 10.7 Å². The summed E-state index contributed by atoms with van der Waals surface area (Å²) in [4.78, 5) is 22.0. The van der Waals surface area contributed by atoms with Crippen LogP contribution >= 0.6 is 0 Å². The Morgan fingerprint density at radius 3 is 1.88 bits per heavy atom. The summed E-state index contributed by atoms with van der Waals surface area (Å²) in [6, 6.07) is 0. The predicted octanol–water partition coefficient (Wildman–Crippen LogP) is -5.84. The van der Waals surface area contributed by atoms with Crippen molar-refractivity contribution in [2.75, 3.05) is 0 Å². The molecule has 0 radical (unpaired) electrons. The van der Waals surface area contributed by atoms with Gasteiger partial charge >= 0.3 is 35.5 Å². The molecule has 0 aliphatic rings. The van der Waals surface area contributed by atoms with Gasteiger partial charge in [0.25, 0.3) is 0 Å². The average molecular weight is 127 g/mol. The van der Waals surface area contributed by atoms with Crippen LogP contribution in [0.5, 0.6) is 0 Å². The molecule has 0 fully saturated rings. The third-order valence-corrected chi connectivity index (χ3v) is 0.274. The summed E-state index contributed by atoms with van der Waals surface area (Å²) in [6.07, 6.45) is 0. The third kappa shape index (κ3) is 4.07. The number of hydrogen-bond donors (Lipinski definition) is 1. The Kier molecular flexibility index (Phi) is 6.81. The van der Waals surface area contributed by atoms with Gasteiger partial charge < -0.3 is 14.7 Å². The van der Waals surface area contributed by atoms with E-state index in [1.165, 1.54) is 0 Å². The number of carboxylic acid groups (broad SMARTS) is 1. The van der Waals surface area contributed by atoms with Crippen LogP contribution in [0.2, 0.25) is 0 Å². The van der Waals surface area contributed by atoms with E-state index < -0.39 is 11.9 Å². The van der Waals surface area contributed by atoms with Crippen molar-refractivity contribution in [3.63, 3.8) is 0 Å². The number of carboxylic acids is 1. The summed E-state index contributed by atoms with van der Waals surface area (Å²) < 4.78 is 0. The molecule has 0 saturated carbocycles. The molecule has 0 heterocycles. The van der Waals surface area contributed by atoms with Crippen molar-refractivity contribution in [1.29, 1.82) is 0 Å². The van der Waals surface area contributed by atoms with E-state index in [1.54, 1.807) is 0 Å². The van der Waals surface area contributed by atoms with E-state index in [0.29, 0.717) is 0 Å². The van der Waals surface area contributed by atoms with Gasteiger partial charge in [0.15, 0.2) is 5.97 Å². The van der Waals surface area contributed by atoms with Gasteiger partial charge in [0.05, 0.1) is 0 Å². The Morgan fingerprint density at radius 1 is 1.50 bits per heavy atom. The van der Waals surface area contributed by atoms with Crippen molar-refractivity contribution >= 4 is 11.9 Å². The first-order valence-electron chi connectivity index (χ1n) is 1.30. The summed E-state index contributed by atoms with van der Waals surface area (Å²) >= 11 is 0. The maximum atomic E-state index is 9.50. The predicted molar refractivity (Wildman–Crippen MR) is 15.3 cm³/mol. The first kappa shape index (κ1) is 10.8. The van der Waals surface area contributed by atoms with Gasteiger partial charge in [0.2, 0.25) is 0 Å². The van der Waals surface area contributed by atoms with Crippen molar-refractivity contribution < 1.29 is 49.1 Å². The summed E-state index contributed by atoms with van der Waals surface area (Å²) in [5.74, 6) is 0.591. The minimum atomic E-state index is -1.94. The van der Waals surface area contributed by atoms with E-state index in [9.17, 15) is 14.7 Å². The molecular weight excluding hydrogens is 125 g/mol. The van der Waals surface area contributed by atoms with Crippen LogP contribution in [0, 0.1) is 0 Å². The molecule has 0 aromatic carbocycles. The van der Waals surface area contributed by atoms with Crippen molar-refractivity contribution in [3.8, 4) is 0 Å². The van der Waals surface area contributed by atoms with Gasteiger partial charge in [-0.2, -0.15) is 5.90 Å². The molecule has 0 unspecified atom stereocenters. The van der Waals surface area contributed by atoms with E-state index in [0.717, 1.165) is 0 Å². The van der Waals surface area contributed by atoms with E-state index >= 15 is 0 Å².